The van der Waals surface area contributed by atoms with Gasteiger partial charge in [0.25, 0.3) is 0 Å². The molecule has 0 unspecified atom stereocenters. The summed E-state index contributed by atoms with van der Waals surface area (Å²) in [7, 11) is 4.07. The van der Waals surface area contributed by atoms with Crippen molar-refractivity contribution in [3.8, 4) is 0 Å². The lowest BCUT2D eigenvalue weighted by molar-refractivity contribution is 1.12. The normalized spacial score (nSPS) is 10.1. The van der Waals surface area contributed by atoms with Gasteiger partial charge >= 0.3 is 0 Å². The fourth-order valence-electron chi connectivity index (χ4n) is 1.79. The standard InChI is InChI=1S/C15H19N3/c1-18(2)14-8-5-7-13(10-14)17-11-12-6-3-4-9-15(12)16/h3-10,17H,11,16H2,1-2H3. The van der Waals surface area contributed by atoms with E-state index >= 15 is 0 Å². The zero-order valence-corrected chi connectivity index (χ0v) is 10.9. The number of hydrogen-bond donors (Lipinski definition) is 2. The van der Waals surface area contributed by atoms with Gasteiger partial charge in [-0.05, 0) is 29.8 Å². The maximum atomic E-state index is 5.91. The Labute approximate surface area is 108 Å². The maximum Gasteiger partial charge on any atom is 0.0421 e. The Morgan fingerprint density at radius 1 is 1.06 bits per heavy atom. The van der Waals surface area contributed by atoms with Gasteiger partial charge in [0.2, 0.25) is 0 Å². The zero-order chi connectivity index (χ0) is 13.0. The van der Waals surface area contributed by atoms with Crippen molar-refractivity contribution in [1.82, 2.24) is 0 Å². The SMILES string of the molecule is CN(C)c1cccc(NCc2ccccc2N)c1. The predicted octanol–water partition coefficient (Wildman–Crippen LogP) is 2.95. The second kappa shape index (κ2) is 5.45. The van der Waals surface area contributed by atoms with Crippen molar-refractivity contribution in [3.05, 3.63) is 54.1 Å². The van der Waals surface area contributed by atoms with Gasteiger partial charge in [-0.2, -0.15) is 0 Å². The third-order valence-electron chi connectivity index (χ3n) is 2.90. The number of nitrogen functional groups attached to an aromatic ring is 1. The molecule has 3 N–H and O–H groups in total. The second-order valence-electron chi connectivity index (χ2n) is 4.50. The molecule has 0 spiro atoms. The molecule has 94 valence electrons. The number of benzene rings is 2. The molecule has 0 radical (unpaired) electrons. The second-order valence-corrected chi connectivity index (χ2v) is 4.50. The van der Waals surface area contributed by atoms with Crippen LogP contribution in [0, 0.1) is 0 Å². The van der Waals surface area contributed by atoms with Crippen LogP contribution in [-0.4, -0.2) is 14.1 Å². The van der Waals surface area contributed by atoms with Gasteiger partial charge in [-0.3, -0.25) is 0 Å². The zero-order valence-electron chi connectivity index (χ0n) is 10.9. The third-order valence-corrected chi connectivity index (χ3v) is 2.90. The molecule has 0 saturated carbocycles. The highest BCUT2D eigenvalue weighted by atomic mass is 15.1. The number of nitrogens with zero attached hydrogens (tertiary/aromatic N) is 1. The number of nitrogens with two attached hydrogens (primary N) is 1. The molecule has 3 nitrogen and oxygen atoms in total. The monoisotopic (exact) mass is 241 g/mol. The molecule has 3 heteroatoms. The van der Waals surface area contributed by atoms with Gasteiger partial charge in [0.15, 0.2) is 0 Å². The maximum absolute atomic E-state index is 5.91. The van der Waals surface area contributed by atoms with E-state index in [4.69, 9.17) is 5.73 Å². The molecular weight excluding hydrogens is 222 g/mol. The molecule has 0 fully saturated rings. The topological polar surface area (TPSA) is 41.3 Å². The van der Waals surface area contributed by atoms with Gasteiger partial charge < -0.3 is 16.0 Å². The van der Waals surface area contributed by atoms with Crippen molar-refractivity contribution in [1.29, 1.82) is 0 Å². The smallest absolute Gasteiger partial charge is 0.0421 e. The summed E-state index contributed by atoms with van der Waals surface area (Å²) in [5.74, 6) is 0. The van der Waals surface area contributed by atoms with E-state index in [0.717, 1.165) is 23.5 Å². The van der Waals surface area contributed by atoms with E-state index in [2.05, 4.69) is 28.4 Å². The van der Waals surface area contributed by atoms with E-state index in [1.54, 1.807) is 0 Å². The van der Waals surface area contributed by atoms with Crippen LogP contribution in [0.1, 0.15) is 5.56 Å². The molecule has 2 rings (SSSR count). The first-order valence-corrected chi connectivity index (χ1v) is 6.01. The molecule has 0 aliphatic heterocycles. The molecule has 18 heavy (non-hydrogen) atoms. The van der Waals surface area contributed by atoms with Crippen LogP contribution in [0.4, 0.5) is 17.1 Å². The van der Waals surface area contributed by atoms with Crippen LogP contribution >= 0.6 is 0 Å². The van der Waals surface area contributed by atoms with Gasteiger partial charge in [0.1, 0.15) is 0 Å². The van der Waals surface area contributed by atoms with Crippen molar-refractivity contribution in [3.63, 3.8) is 0 Å². The molecular formula is C15H19N3. The lowest BCUT2D eigenvalue weighted by Crippen LogP contribution is -2.09. The minimum Gasteiger partial charge on any atom is -0.398 e. The first kappa shape index (κ1) is 12.3. The van der Waals surface area contributed by atoms with E-state index in [1.165, 1.54) is 5.69 Å². The third kappa shape index (κ3) is 2.94. The van der Waals surface area contributed by atoms with Gasteiger partial charge in [0, 0.05) is 37.7 Å². The highest BCUT2D eigenvalue weighted by Crippen LogP contribution is 2.19. The average Bonchev–Trinajstić information content (AvgIpc) is 2.38. The van der Waals surface area contributed by atoms with Crippen LogP contribution in [0.15, 0.2) is 48.5 Å². The molecule has 0 aliphatic carbocycles. The molecule has 0 aliphatic rings. The van der Waals surface area contributed by atoms with Crippen molar-refractivity contribution in [2.75, 3.05) is 30.0 Å². The van der Waals surface area contributed by atoms with Crippen molar-refractivity contribution in [2.45, 2.75) is 6.54 Å². The van der Waals surface area contributed by atoms with Crippen LogP contribution in [0.2, 0.25) is 0 Å². The number of para-hydroxylation sites is 1. The van der Waals surface area contributed by atoms with Crippen LogP contribution < -0.4 is 16.0 Å². The lowest BCUT2D eigenvalue weighted by atomic mass is 10.2. The number of nitrogens with one attached hydrogen (secondary N) is 1. The molecule has 0 atom stereocenters. The van der Waals surface area contributed by atoms with E-state index in [9.17, 15) is 0 Å². The largest absolute Gasteiger partial charge is 0.398 e. The van der Waals surface area contributed by atoms with Gasteiger partial charge in [0.05, 0.1) is 0 Å². The quantitative estimate of drug-likeness (QED) is 0.809. The van der Waals surface area contributed by atoms with E-state index in [1.807, 2.05) is 44.4 Å². The molecule has 0 heterocycles. The number of anilines is 3. The summed E-state index contributed by atoms with van der Waals surface area (Å²) in [6.45, 7) is 0.740. The van der Waals surface area contributed by atoms with Crippen LogP contribution in [0.5, 0.6) is 0 Å². The van der Waals surface area contributed by atoms with Crippen LogP contribution in [0.3, 0.4) is 0 Å². The Bertz CT molecular complexity index is 521. The molecule has 0 amide bonds. The molecule has 0 bridgehead atoms. The summed E-state index contributed by atoms with van der Waals surface area (Å²) in [5.41, 5.74) is 10.1. The van der Waals surface area contributed by atoms with Gasteiger partial charge in [-0.15, -0.1) is 0 Å². The summed E-state index contributed by atoms with van der Waals surface area (Å²) in [5, 5.41) is 3.39. The fourth-order valence-corrected chi connectivity index (χ4v) is 1.79. The summed E-state index contributed by atoms with van der Waals surface area (Å²) in [6, 6.07) is 16.2. The van der Waals surface area contributed by atoms with E-state index < -0.39 is 0 Å². The number of hydrogen-bond acceptors (Lipinski definition) is 3. The number of rotatable bonds is 4. The molecule has 2 aromatic carbocycles. The van der Waals surface area contributed by atoms with E-state index in [0.29, 0.717) is 0 Å². The summed E-state index contributed by atoms with van der Waals surface area (Å²) in [4.78, 5) is 2.09. The highest BCUT2D eigenvalue weighted by molar-refractivity contribution is 5.58. The molecule has 0 saturated heterocycles. The van der Waals surface area contributed by atoms with Crippen LogP contribution in [-0.2, 0) is 6.54 Å². The first-order valence-electron chi connectivity index (χ1n) is 6.01. The summed E-state index contributed by atoms with van der Waals surface area (Å²) in [6.07, 6.45) is 0. The summed E-state index contributed by atoms with van der Waals surface area (Å²) < 4.78 is 0. The molecule has 2 aromatic rings. The fraction of sp³-hybridized carbons (Fsp3) is 0.200. The Balaban J connectivity index is 2.07. The summed E-state index contributed by atoms with van der Waals surface area (Å²) >= 11 is 0. The van der Waals surface area contributed by atoms with Crippen molar-refractivity contribution in [2.24, 2.45) is 0 Å². The van der Waals surface area contributed by atoms with Crippen molar-refractivity contribution < 1.29 is 0 Å². The Morgan fingerprint density at radius 2 is 1.83 bits per heavy atom. The van der Waals surface area contributed by atoms with E-state index in [-0.39, 0.29) is 0 Å². The minimum atomic E-state index is 0.740. The Hall–Kier alpha value is -2.16. The Morgan fingerprint density at radius 3 is 2.56 bits per heavy atom. The van der Waals surface area contributed by atoms with Crippen LogP contribution in [0.25, 0.3) is 0 Å². The predicted molar refractivity (Wildman–Crippen MR) is 79.0 cm³/mol. The Kier molecular flexibility index (Phi) is 3.72. The average molecular weight is 241 g/mol. The first-order chi connectivity index (χ1) is 8.66. The molecule has 0 aromatic heterocycles. The minimum absolute atomic E-state index is 0.740. The van der Waals surface area contributed by atoms with Gasteiger partial charge in [-0.25, -0.2) is 0 Å². The van der Waals surface area contributed by atoms with Crippen molar-refractivity contribution >= 4 is 17.1 Å². The van der Waals surface area contributed by atoms with Gasteiger partial charge in [-0.1, -0.05) is 24.3 Å². The lowest BCUT2D eigenvalue weighted by Gasteiger charge is -2.14. The highest BCUT2D eigenvalue weighted by Gasteiger charge is 1.99.